The molecule has 0 fully saturated rings. The molecule has 0 saturated heterocycles. The maximum Gasteiger partial charge on any atom is 0.337 e. The van der Waals surface area contributed by atoms with E-state index >= 15 is 0 Å². The fraction of sp³-hybridized carbons (Fsp3) is 0.0294. The van der Waals surface area contributed by atoms with Crippen LogP contribution in [0.5, 0.6) is 0 Å². The number of benzene rings is 4. The Bertz CT molecular complexity index is 1720. The van der Waals surface area contributed by atoms with Gasteiger partial charge in [-0.25, -0.2) is 4.79 Å². The second-order valence-electron chi connectivity index (χ2n) is 9.20. The number of ketones is 2. The number of fused-ring (bicyclic) bond motifs is 1. The van der Waals surface area contributed by atoms with Crippen LogP contribution < -0.4 is 0 Å². The lowest BCUT2D eigenvalue weighted by atomic mass is 10.0. The molecule has 1 aliphatic rings. The molecule has 0 saturated carbocycles. The number of hydrogen-bond acceptors (Lipinski definition) is 4. The highest BCUT2D eigenvalue weighted by molar-refractivity contribution is 6.41. The van der Waals surface area contributed by atoms with E-state index in [0.29, 0.717) is 16.7 Å². The summed E-state index contributed by atoms with van der Waals surface area (Å²) in [7, 11) is 1.35. The van der Waals surface area contributed by atoms with Gasteiger partial charge < -0.3 is 9.30 Å². The summed E-state index contributed by atoms with van der Waals surface area (Å²) in [5, 5.41) is 0. The lowest BCUT2D eigenvalue weighted by molar-refractivity contribution is 0.0600. The predicted octanol–water partition coefficient (Wildman–Crippen LogP) is 7.06. The van der Waals surface area contributed by atoms with Gasteiger partial charge in [0.2, 0.25) is 0 Å². The molecule has 1 aromatic heterocycles. The Hall–Kier alpha value is -5.29. The maximum atomic E-state index is 13.3. The summed E-state index contributed by atoms with van der Waals surface area (Å²) in [6, 6.07) is 35.9. The van der Waals surface area contributed by atoms with Crippen molar-refractivity contribution in [1.29, 1.82) is 0 Å². The van der Waals surface area contributed by atoms with Gasteiger partial charge >= 0.3 is 5.97 Å². The van der Waals surface area contributed by atoms with E-state index in [-0.39, 0.29) is 17.1 Å². The number of ether oxygens (including phenoxy) is 1. The Morgan fingerprint density at radius 3 is 1.79 bits per heavy atom. The number of hydrogen-bond donors (Lipinski definition) is 0. The molecule has 4 aromatic carbocycles. The third kappa shape index (κ3) is 4.20. The minimum absolute atomic E-state index is 0.145. The molecule has 6 rings (SSSR count). The van der Waals surface area contributed by atoms with Gasteiger partial charge in [-0.2, -0.15) is 0 Å². The van der Waals surface area contributed by atoms with Gasteiger partial charge in [0.05, 0.1) is 29.6 Å². The average Bonchev–Trinajstić information content (AvgIpc) is 3.49. The summed E-state index contributed by atoms with van der Waals surface area (Å²) in [6.07, 6.45) is 1.71. The van der Waals surface area contributed by atoms with Crippen LogP contribution >= 0.6 is 0 Å². The molecule has 5 nitrogen and oxygen atoms in total. The van der Waals surface area contributed by atoms with Gasteiger partial charge in [0.15, 0.2) is 11.6 Å². The Kier molecular flexibility index (Phi) is 6.10. The molecule has 39 heavy (non-hydrogen) atoms. The van der Waals surface area contributed by atoms with Gasteiger partial charge in [-0.3, -0.25) is 9.59 Å². The van der Waals surface area contributed by atoms with Crippen LogP contribution in [-0.4, -0.2) is 29.2 Å². The molecule has 0 N–H and O–H groups in total. The van der Waals surface area contributed by atoms with E-state index in [1.54, 1.807) is 42.5 Å². The summed E-state index contributed by atoms with van der Waals surface area (Å²) in [6.45, 7) is 0. The number of rotatable bonds is 5. The van der Waals surface area contributed by atoms with Gasteiger partial charge in [-0.05, 0) is 47.5 Å². The van der Waals surface area contributed by atoms with Crippen molar-refractivity contribution in [2.75, 3.05) is 7.11 Å². The summed E-state index contributed by atoms with van der Waals surface area (Å²) in [5.41, 5.74) is 6.57. The molecule has 0 atom stereocenters. The highest BCUT2D eigenvalue weighted by Gasteiger charge is 2.33. The zero-order valence-corrected chi connectivity index (χ0v) is 21.1. The summed E-state index contributed by atoms with van der Waals surface area (Å²) in [4.78, 5) is 38.7. The molecule has 1 heterocycles. The van der Waals surface area contributed by atoms with Gasteiger partial charge in [0.25, 0.3) is 0 Å². The Labute approximate surface area is 225 Å². The SMILES string of the molecule is COC(=O)c1ccc(-n2c(-c3ccccc3)cc(C=C3C(=O)c4ccccc4C3=O)c2-c2ccccc2)cc1. The Morgan fingerprint density at radius 1 is 0.692 bits per heavy atom. The largest absolute Gasteiger partial charge is 0.465 e. The molecule has 0 spiro atoms. The molecule has 0 unspecified atom stereocenters. The number of methoxy groups -OCH3 is 1. The van der Waals surface area contributed by atoms with E-state index in [1.807, 2.05) is 78.9 Å². The molecule has 5 heteroatoms. The van der Waals surface area contributed by atoms with Crippen LogP contribution in [-0.2, 0) is 4.74 Å². The lowest BCUT2D eigenvalue weighted by Gasteiger charge is -2.15. The maximum absolute atomic E-state index is 13.3. The monoisotopic (exact) mass is 509 g/mol. The van der Waals surface area contributed by atoms with E-state index in [2.05, 4.69) is 4.57 Å². The molecule has 0 amide bonds. The van der Waals surface area contributed by atoms with E-state index in [1.165, 1.54) is 7.11 Å². The minimum atomic E-state index is -0.413. The average molecular weight is 510 g/mol. The summed E-state index contributed by atoms with van der Waals surface area (Å²) in [5.74, 6) is -0.957. The first-order chi connectivity index (χ1) is 19.1. The second kappa shape index (κ2) is 9.88. The molecular formula is C34H23NO4. The number of nitrogens with zero attached hydrogens (tertiary/aromatic N) is 1. The normalized spacial score (nSPS) is 12.4. The van der Waals surface area contributed by atoms with E-state index < -0.39 is 5.97 Å². The number of allylic oxidation sites excluding steroid dienone is 1. The van der Waals surface area contributed by atoms with Crippen molar-refractivity contribution < 1.29 is 19.1 Å². The van der Waals surface area contributed by atoms with Crippen LogP contribution in [0.25, 0.3) is 34.3 Å². The van der Waals surface area contributed by atoms with Gasteiger partial charge in [-0.1, -0.05) is 84.9 Å². The number of aromatic nitrogens is 1. The van der Waals surface area contributed by atoms with Crippen LogP contribution in [0.1, 0.15) is 36.6 Å². The highest BCUT2D eigenvalue weighted by atomic mass is 16.5. The zero-order chi connectivity index (χ0) is 26.9. The summed E-state index contributed by atoms with van der Waals surface area (Å²) >= 11 is 0. The van der Waals surface area contributed by atoms with Crippen LogP contribution in [0, 0.1) is 0 Å². The van der Waals surface area contributed by atoms with Crippen molar-refractivity contribution in [2.24, 2.45) is 0 Å². The van der Waals surface area contributed by atoms with Crippen molar-refractivity contribution in [3.05, 3.63) is 143 Å². The van der Waals surface area contributed by atoms with Crippen LogP contribution in [0.2, 0.25) is 0 Å². The van der Waals surface area contributed by atoms with E-state index in [0.717, 1.165) is 33.8 Å². The molecule has 0 aliphatic heterocycles. The second-order valence-corrected chi connectivity index (χ2v) is 9.20. The van der Waals surface area contributed by atoms with Gasteiger partial charge in [0, 0.05) is 22.4 Å². The highest BCUT2D eigenvalue weighted by Crippen LogP contribution is 2.38. The molecular weight excluding hydrogens is 486 g/mol. The van der Waals surface area contributed by atoms with Crippen LogP contribution in [0.4, 0.5) is 0 Å². The third-order valence-electron chi connectivity index (χ3n) is 6.90. The smallest absolute Gasteiger partial charge is 0.337 e. The number of carbonyl (C=O) groups excluding carboxylic acids is 3. The van der Waals surface area contributed by atoms with E-state index in [4.69, 9.17) is 4.74 Å². The molecule has 5 aromatic rings. The lowest BCUT2D eigenvalue weighted by Crippen LogP contribution is -2.04. The topological polar surface area (TPSA) is 65.4 Å². The fourth-order valence-corrected chi connectivity index (χ4v) is 5.04. The number of esters is 1. The van der Waals surface area contributed by atoms with Gasteiger partial charge in [0.1, 0.15) is 0 Å². The molecule has 0 bridgehead atoms. The van der Waals surface area contributed by atoms with Crippen molar-refractivity contribution in [1.82, 2.24) is 4.57 Å². The minimum Gasteiger partial charge on any atom is -0.465 e. The zero-order valence-electron chi connectivity index (χ0n) is 21.1. The van der Waals surface area contributed by atoms with Gasteiger partial charge in [-0.15, -0.1) is 0 Å². The number of Topliss-reactive ketones (excluding diaryl/α,β-unsaturated/α-hetero) is 2. The van der Waals surface area contributed by atoms with Crippen molar-refractivity contribution in [3.63, 3.8) is 0 Å². The van der Waals surface area contributed by atoms with Crippen molar-refractivity contribution in [2.45, 2.75) is 0 Å². The van der Waals surface area contributed by atoms with E-state index in [9.17, 15) is 14.4 Å². The van der Waals surface area contributed by atoms with Crippen molar-refractivity contribution >= 4 is 23.6 Å². The summed E-state index contributed by atoms with van der Waals surface area (Å²) < 4.78 is 6.97. The third-order valence-corrected chi connectivity index (χ3v) is 6.90. The first-order valence-electron chi connectivity index (χ1n) is 12.5. The van der Waals surface area contributed by atoms with Crippen molar-refractivity contribution in [3.8, 4) is 28.2 Å². The first-order valence-corrected chi connectivity index (χ1v) is 12.5. The first kappa shape index (κ1) is 24.1. The quantitative estimate of drug-likeness (QED) is 0.145. The molecule has 188 valence electrons. The van der Waals surface area contributed by atoms with Crippen LogP contribution in [0.3, 0.4) is 0 Å². The number of carbonyl (C=O) groups is 3. The Morgan fingerprint density at radius 2 is 1.23 bits per heavy atom. The predicted molar refractivity (Wildman–Crippen MR) is 151 cm³/mol. The molecule has 0 radical (unpaired) electrons. The Balaban J connectivity index is 1.62. The fourth-order valence-electron chi connectivity index (χ4n) is 5.04. The molecule has 1 aliphatic carbocycles. The van der Waals surface area contributed by atoms with Crippen LogP contribution in [0.15, 0.2) is 121 Å². The standard InChI is InChI=1S/C34H23NO4/c1-39-34(38)24-16-18-26(19-17-24)35-30(22-10-4-2-5-11-22)21-25(31(35)23-12-6-3-7-13-23)20-29-32(36)27-14-8-9-15-28(27)33(29)37/h2-21H,1H3.